The Labute approximate surface area is 216 Å². The molecule has 1 aliphatic heterocycles. The molecular weight excluding hydrogens is 539 g/mol. The number of carboxylic acids is 1. The molecule has 34 heavy (non-hydrogen) atoms. The molecule has 6 heteroatoms. The van der Waals surface area contributed by atoms with Crippen LogP contribution in [0.3, 0.4) is 0 Å². The van der Waals surface area contributed by atoms with E-state index in [0.717, 1.165) is 29.8 Å². The first-order chi connectivity index (χ1) is 16.4. The average molecular weight is 575 g/mol. The minimum atomic E-state index is -0.691. The Morgan fingerprint density at radius 1 is 1.12 bits per heavy atom. The normalized spacial score (nSPS) is 18.0. The highest BCUT2D eigenvalue weighted by molar-refractivity contribution is 14.1. The van der Waals surface area contributed by atoms with Crippen LogP contribution in [0.2, 0.25) is 0 Å². The summed E-state index contributed by atoms with van der Waals surface area (Å²) < 4.78 is 1.34. The molecule has 0 radical (unpaired) electrons. The topological polar surface area (TPSA) is 62.1 Å². The number of hydrogen-bond acceptors (Lipinski definition) is 4. The van der Waals surface area contributed by atoms with E-state index in [2.05, 4.69) is 76.0 Å². The summed E-state index contributed by atoms with van der Waals surface area (Å²) in [5.41, 5.74) is 7.11. The van der Waals surface area contributed by atoms with Crippen LogP contribution in [0.1, 0.15) is 79.7 Å². The molecule has 2 aromatic carbocycles. The second kappa shape index (κ2) is 11.7. The monoisotopic (exact) mass is 574 g/mol. The lowest BCUT2D eigenvalue weighted by atomic mass is 9.84. The summed E-state index contributed by atoms with van der Waals surface area (Å²) in [5, 5.41) is 13.5. The third kappa shape index (κ3) is 6.19. The Bertz CT molecular complexity index is 1040. The Hall–Kier alpha value is -1.93. The van der Waals surface area contributed by atoms with Crippen molar-refractivity contribution in [1.82, 2.24) is 4.90 Å². The molecule has 0 unspecified atom stereocenters. The molecular formula is C28H35IN2O3. The molecule has 2 aliphatic rings. The zero-order valence-corrected chi connectivity index (χ0v) is 22.4. The Kier molecular flexibility index (Phi) is 8.64. The molecule has 2 aromatic rings. The lowest BCUT2D eigenvalue weighted by Crippen LogP contribution is -2.49. The van der Waals surface area contributed by atoms with Crippen LogP contribution in [0, 0.1) is 9.49 Å². The molecule has 1 heterocycles. The van der Waals surface area contributed by atoms with E-state index in [1.54, 1.807) is 0 Å². The number of aliphatic carboxylic acids is 1. The molecule has 0 amide bonds. The van der Waals surface area contributed by atoms with Crippen LogP contribution in [0.5, 0.6) is 0 Å². The van der Waals surface area contributed by atoms with Crippen molar-refractivity contribution < 1.29 is 14.7 Å². The predicted molar refractivity (Wildman–Crippen MR) is 144 cm³/mol. The second-order valence-electron chi connectivity index (χ2n) is 9.71. The number of oxime groups is 1. The van der Waals surface area contributed by atoms with Gasteiger partial charge in [0.15, 0.2) is 0 Å². The highest BCUT2D eigenvalue weighted by Gasteiger charge is 2.32. The minimum Gasteiger partial charge on any atom is -0.481 e. The van der Waals surface area contributed by atoms with Crippen LogP contribution < -0.4 is 0 Å². The first-order valence-electron chi connectivity index (χ1n) is 12.5. The van der Waals surface area contributed by atoms with Gasteiger partial charge in [0.2, 0.25) is 0 Å². The number of carbonyl (C=O) groups is 1. The van der Waals surface area contributed by atoms with Gasteiger partial charge >= 0.3 is 5.97 Å². The molecule has 5 nitrogen and oxygen atoms in total. The van der Waals surface area contributed by atoms with Crippen LogP contribution in [-0.2, 0) is 29.2 Å². The fourth-order valence-electron chi connectivity index (χ4n) is 5.09. The number of likely N-dealkylation sites (tertiary alicyclic amines) is 1. The van der Waals surface area contributed by atoms with Crippen molar-refractivity contribution in [2.45, 2.75) is 71.4 Å². The Morgan fingerprint density at radius 3 is 2.56 bits per heavy atom. The number of aryl methyl sites for hydroxylation is 1. The zero-order chi connectivity index (χ0) is 24.1. The average Bonchev–Trinajstić information content (AvgIpc) is 2.81. The molecule has 182 valence electrons. The summed E-state index contributed by atoms with van der Waals surface area (Å²) in [6.07, 6.45) is 7.64. The van der Waals surface area contributed by atoms with Gasteiger partial charge in [-0.15, -0.1) is 0 Å². The van der Waals surface area contributed by atoms with Crippen molar-refractivity contribution in [2.75, 3.05) is 13.1 Å². The quantitative estimate of drug-likeness (QED) is 0.215. The fourth-order valence-corrected chi connectivity index (χ4v) is 6.11. The van der Waals surface area contributed by atoms with E-state index >= 15 is 0 Å². The molecule has 0 aromatic heterocycles. The first-order valence-corrected chi connectivity index (χ1v) is 13.5. The van der Waals surface area contributed by atoms with E-state index in [4.69, 9.17) is 9.94 Å². The summed E-state index contributed by atoms with van der Waals surface area (Å²) in [6, 6.07) is 13.1. The van der Waals surface area contributed by atoms with Gasteiger partial charge < -0.3 is 9.94 Å². The smallest absolute Gasteiger partial charge is 0.309 e. The lowest BCUT2D eigenvalue weighted by molar-refractivity contribution is -0.147. The maximum atomic E-state index is 11.0. The first kappa shape index (κ1) is 25.2. The van der Waals surface area contributed by atoms with E-state index in [1.807, 2.05) is 6.92 Å². The van der Waals surface area contributed by atoms with Crippen molar-refractivity contribution in [2.24, 2.45) is 11.1 Å². The summed E-state index contributed by atoms with van der Waals surface area (Å²) >= 11 is 2.47. The number of halogens is 1. The van der Waals surface area contributed by atoms with E-state index in [9.17, 15) is 4.79 Å². The summed E-state index contributed by atoms with van der Waals surface area (Å²) in [6.45, 7) is 6.67. The van der Waals surface area contributed by atoms with Gasteiger partial charge in [0.05, 0.1) is 11.6 Å². The maximum Gasteiger partial charge on any atom is 0.309 e. The van der Waals surface area contributed by atoms with Crippen LogP contribution in [0.4, 0.5) is 0 Å². The number of benzene rings is 2. The molecule has 1 saturated heterocycles. The van der Waals surface area contributed by atoms with Crippen molar-refractivity contribution in [3.05, 3.63) is 67.8 Å². The SMILES string of the molecule is CCc1cc(/C(C)=N/OCc2ccc(C3CCCCC3)c(I)c2)ccc1CN1CC(C(=O)O)C1. The second-order valence-corrected chi connectivity index (χ2v) is 10.9. The van der Waals surface area contributed by atoms with Gasteiger partial charge in [-0.05, 0) is 94.6 Å². The number of hydrogen-bond donors (Lipinski definition) is 1. The molecule has 0 spiro atoms. The number of rotatable bonds is 9. The molecule has 1 aliphatic carbocycles. The minimum absolute atomic E-state index is 0.220. The van der Waals surface area contributed by atoms with E-state index < -0.39 is 5.97 Å². The predicted octanol–water partition coefficient (Wildman–Crippen LogP) is 6.36. The summed E-state index contributed by atoms with van der Waals surface area (Å²) in [7, 11) is 0. The van der Waals surface area contributed by atoms with E-state index in [-0.39, 0.29) is 5.92 Å². The third-order valence-corrected chi connectivity index (χ3v) is 8.18. The molecule has 1 saturated carbocycles. The van der Waals surface area contributed by atoms with E-state index in [0.29, 0.717) is 25.6 Å². The van der Waals surface area contributed by atoms with Gasteiger partial charge in [0, 0.05) is 23.2 Å². The largest absolute Gasteiger partial charge is 0.481 e. The zero-order valence-electron chi connectivity index (χ0n) is 20.2. The Balaban J connectivity index is 1.34. The molecule has 1 N–H and O–H groups in total. The number of nitrogens with zero attached hydrogens (tertiary/aromatic N) is 2. The van der Waals surface area contributed by atoms with Crippen LogP contribution >= 0.6 is 22.6 Å². The highest BCUT2D eigenvalue weighted by atomic mass is 127. The van der Waals surface area contributed by atoms with Crippen LogP contribution in [-0.4, -0.2) is 34.8 Å². The molecule has 4 rings (SSSR count). The standard InChI is InChI=1S/C28H35IN2O3/c1-3-21-14-23(10-11-24(21)15-31-16-25(17-31)28(32)33)19(2)30-34-18-20-9-12-26(27(29)13-20)22-7-5-4-6-8-22/h9-14,22,25H,3-8,15-18H2,1-2H3,(H,32,33)/b30-19+. The van der Waals surface area contributed by atoms with Crippen LogP contribution in [0.15, 0.2) is 41.6 Å². The van der Waals surface area contributed by atoms with Gasteiger partial charge in [0.25, 0.3) is 0 Å². The Morgan fingerprint density at radius 2 is 1.88 bits per heavy atom. The van der Waals surface area contributed by atoms with Crippen molar-refractivity contribution in [3.63, 3.8) is 0 Å². The van der Waals surface area contributed by atoms with Gasteiger partial charge in [-0.1, -0.05) is 55.6 Å². The fraction of sp³-hybridized carbons (Fsp3) is 0.500. The maximum absolute atomic E-state index is 11.0. The molecule has 0 bridgehead atoms. The lowest BCUT2D eigenvalue weighted by Gasteiger charge is -2.37. The van der Waals surface area contributed by atoms with Gasteiger partial charge in [-0.25, -0.2) is 0 Å². The van der Waals surface area contributed by atoms with Crippen LogP contribution in [0.25, 0.3) is 0 Å². The van der Waals surface area contributed by atoms with Crippen molar-refractivity contribution >= 4 is 34.3 Å². The third-order valence-electron chi connectivity index (χ3n) is 7.25. The molecule has 2 fully saturated rings. The summed E-state index contributed by atoms with van der Waals surface area (Å²) in [5.74, 6) is -0.196. The summed E-state index contributed by atoms with van der Waals surface area (Å²) in [4.78, 5) is 19.0. The highest BCUT2D eigenvalue weighted by Crippen LogP contribution is 2.35. The van der Waals surface area contributed by atoms with Gasteiger partial charge in [-0.3, -0.25) is 9.69 Å². The molecule has 0 atom stereocenters. The van der Waals surface area contributed by atoms with Gasteiger partial charge in [-0.2, -0.15) is 0 Å². The van der Waals surface area contributed by atoms with Crippen molar-refractivity contribution in [3.8, 4) is 0 Å². The van der Waals surface area contributed by atoms with E-state index in [1.165, 1.54) is 52.4 Å². The van der Waals surface area contributed by atoms with Gasteiger partial charge in [0.1, 0.15) is 6.61 Å². The number of carboxylic acid groups (broad SMARTS) is 1. The van der Waals surface area contributed by atoms with Crippen molar-refractivity contribution in [1.29, 1.82) is 0 Å².